The molecule has 0 radical (unpaired) electrons. The summed E-state index contributed by atoms with van der Waals surface area (Å²) in [6.45, 7) is 4.29. The molecule has 138 valence electrons. The predicted molar refractivity (Wildman–Crippen MR) is 97.6 cm³/mol. The fourth-order valence-electron chi connectivity index (χ4n) is 2.85. The Bertz CT molecular complexity index is 1010. The molecule has 1 N–H and O–H groups in total. The van der Waals surface area contributed by atoms with Gasteiger partial charge in [-0.3, -0.25) is 9.48 Å². The number of carbonyl (C=O) groups is 1. The summed E-state index contributed by atoms with van der Waals surface area (Å²) in [6.07, 6.45) is 4.14. The Labute approximate surface area is 155 Å². The largest absolute Gasteiger partial charge is 0.322 e. The molecule has 0 bridgehead atoms. The maximum Gasteiger partial charge on any atom is 0.257 e. The van der Waals surface area contributed by atoms with Crippen molar-refractivity contribution in [2.45, 2.75) is 33.2 Å². The third-order valence-electron chi connectivity index (χ3n) is 4.53. The van der Waals surface area contributed by atoms with Crippen LogP contribution in [-0.4, -0.2) is 31.1 Å². The van der Waals surface area contributed by atoms with Crippen LogP contribution in [-0.2, 0) is 6.54 Å². The zero-order valence-electron chi connectivity index (χ0n) is 15.1. The molecule has 1 fully saturated rings. The van der Waals surface area contributed by atoms with Crippen molar-refractivity contribution in [1.82, 2.24) is 25.2 Å². The number of halogens is 1. The molecule has 3 aromatic rings. The minimum absolute atomic E-state index is 0.301. The Morgan fingerprint density at radius 1 is 1.22 bits per heavy atom. The number of benzene rings is 1. The summed E-state index contributed by atoms with van der Waals surface area (Å²) in [4.78, 5) is 12.5. The molecule has 0 atom stereocenters. The average molecular weight is 366 g/mol. The molecule has 1 aromatic carbocycles. The normalized spacial score (nSPS) is 13.6. The summed E-state index contributed by atoms with van der Waals surface area (Å²) in [5.41, 5.74) is 2.84. The summed E-state index contributed by atoms with van der Waals surface area (Å²) in [6, 6.07) is 6.07. The first kappa shape index (κ1) is 17.3. The standard InChI is InChI=1S/C19H19FN6O/c1-11-7-15(12(2)23-22-11)19(27)21-14-5-6-17(20)16(8-14)18-10-26(25-24-18)9-13-3-4-13/h5-8,10,13H,3-4,9H2,1-2H3,(H,21,27). The number of rotatable bonds is 5. The lowest BCUT2D eigenvalue weighted by Crippen LogP contribution is -2.15. The molecule has 1 saturated carbocycles. The molecule has 1 aliphatic carbocycles. The Morgan fingerprint density at radius 3 is 2.81 bits per heavy atom. The molecule has 2 heterocycles. The predicted octanol–water partition coefficient (Wildman–Crippen LogP) is 3.15. The zero-order valence-corrected chi connectivity index (χ0v) is 15.1. The first-order chi connectivity index (χ1) is 13.0. The summed E-state index contributed by atoms with van der Waals surface area (Å²) >= 11 is 0. The van der Waals surface area contributed by atoms with Crippen LogP contribution in [0.25, 0.3) is 11.3 Å². The maximum absolute atomic E-state index is 14.3. The number of nitrogens with zero attached hydrogens (tertiary/aromatic N) is 5. The molecular formula is C19H19FN6O. The van der Waals surface area contributed by atoms with Crippen molar-refractivity contribution < 1.29 is 9.18 Å². The van der Waals surface area contributed by atoms with E-state index in [-0.39, 0.29) is 5.91 Å². The highest BCUT2D eigenvalue weighted by Crippen LogP contribution is 2.31. The Kier molecular flexibility index (Phi) is 4.39. The first-order valence-corrected chi connectivity index (χ1v) is 8.82. The monoisotopic (exact) mass is 366 g/mol. The van der Waals surface area contributed by atoms with Crippen LogP contribution in [0, 0.1) is 25.6 Å². The van der Waals surface area contributed by atoms with Crippen LogP contribution in [0.3, 0.4) is 0 Å². The highest BCUT2D eigenvalue weighted by molar-refractivity contribution is 6.05. The third-order valence-corrected chi connectivity index (χ3v) is 4.53. The number of nitrogens with one attached hydrogen (secondary N) is 1. The van der Waals surface area contributed by atoms with Crippen molar-refractivity contribution in [2.75, 3.05) is 5.32 Å². The zero-order chi connectivity index (χ0) is 19.0. The molecule has 1 aliphatic rings. The van der Waals surface area contributed by atoms with E-state index >= 15 is 0 Å². The summed E-state index contributed by atoms with van der Waals surface area (Å²) < 4.78 is 16.1. The highest BCUT2D eigenvalue weighted by atomic mass is 19.1. The summed E-state index contributed by atoms with van der Waals surface area (Å²) in [5.74, 6) is -0.0831. The summed E-state index contributed by atoms with van der Waals surface area (Å²) in [5, 5.41) is 18.8. The lowest BCUT2D eigenvalue weighted by Gasteiger charge is -2.09. The van der Waals surface area contributed by atoms with E-state index in [1.54, 1.807) is 36.9 Å². The van der Waals surface area contributed by atoms with Gasteiger partial charge in [0.2, 0.25) is 0 Å². The van der Waals surface area contributed by atoms with Gasteiger partial charge in [-0.15, -0.1) is 5.10 Å². The van der Waals surface area contributed by atoms with Crippen molar-refractivity contribution in [1.29, 1.82) is 0 Å². The number of carbonyl (C=O) groups excluding carboxylic acids is 1. The van der Waals surface area contributed by atoms with Gasteiger partial charge in [0.05, 0.1) is 23.1 Å². The minimum atomic E-state index is -0.413. The molecule has 0 spiro atoms. The third kappa shape index (κ3) is 3.84. The molecular weight excluding hydrogens is 347 g/mol. The average Bonchev–Trinajstić information content (AvgIpc) is 3.34. The second-order valence-corrected chi connectivity index (χ2v) is 6.90. The fourth-order valence-corrected chi connectivity index (χ4v) is 2.85. The fraction of sp³-hybridized carbons (Fsp3) is 0.316. The van der Waals surface area contributed by atoms with E-state index < -0.39 is 5.82 Å². The molecule has 8 heteroatoms. The molecule has 0 aliphatic heterocycles. The summed E-state index contributed by atoms with van der Waals surface area (Å²) in [7, 11) is 0. The van der Waals surface area contributed by atoms with Crippen LogP contribution in [0.15, 0.2) is 30.5 Å². The number of aryl methyl sites for hydroxylation is 2. The van der Waals surface area contributed by atoms with Gasteiger partial charge in [-0.25, -0.2) is 4.39 Å². The second-order valence-electron chi connectivity index (χ2n) is 6.90. The molecule has 1 amide bonds. The first-order valence-electron chi connectivity index (χ1n) is 8.82. The number of hydrogen-bond acceptors (Lipinski definition) is 5. The van der Waals surface area contributed by atoms with Crippen molar-refractivity contribution >= 4 is 11.6 Å². The lowest BCUT2D eigenvalue weighted by atomic mass is 10.1. The number of aromatic nitrogens is 5. The van der Waals surface area contributed by atoms with E-state index in [2.05, 4.69) is 25.8 Å². The van der Waals surface area contributed by atoms with Crippen molar-refractivity contribution in [3.8, 4) is 11.3 Å². The van der Waals surface area contributed by atoms with Crippen molar-refractivity contribution in [3.05, 3.63) is 53.2 Å². The second kappa shape index (κ2) is 6.86. The van der Waals surface area contributed by atoms with E-state index in [0.717, 1.165) is 6.54 Å². The molecule has 7 nitrogen and oxygen atoms in total. The van der Waals surface area contributed by atoms with Crippen LogP contribution in [0.5, 0.6) is 0 Å². The molecule has 0 saturated heterocycles. The SMILES string of the molecule is Cc1cc(C(=O)Nc2ccc(F)c(-c3cn(CC4CC4)nn3)c2)c(C)nn1. The van der Waals surface area contributed by atoms with Crippen molar-refractivity contribution in [3.63, 3.8) is 0 Å². The Balaban J connectivity index is 1.57. The van der Waals surface area contributed by atoms with Crippen LogP contribution < -0.4 is 5.32 Å². The lowest BCUT2D eigenvalue weighted by molar-refractivity contribution is 0.102. The van der Waals surface area contributed by atoms with E-state index in [4.69, 9.17) is 0 Å². The van der Waals surface area contributed by atoms with Gasteiger partial charge in [-0.05, 0) is 56.9 Å². The van der Waals surface area contributed by atoms with E-state index in [9.17, 15) is 9.18 Å². The van der Waals surface area contributed by atoms with Crippen LogP contribution in [0.2, 0.25) is 0 Å². The van der Waals surface area contributed by atoms with Crippen LogP contribution in [0.1, 0.15) is 34.6 Å². The van der Waals surface area contributed by atoms with Gasteiger partial charge in [0.25, 0.3) is 5.91 Å². The maximum atomic E-state index is 14.3. The quantitative estimate of drug-likeness (QED) is 0.750. The molecule has 4 rings (SSSR count). The van der Waals surface area contributed by atoms with E-state index in [1.165, 1.54) is 25.0 Å². The van der Waals surface area contributed by atoms with Gasteiger partial charge >= 0.3 is 0 Å². The number of hydrogen-bond donors (Lipinski definition) is 1. The van der Waals surface area contributed by atoms with Crippen LogP contribution in [0.4, 0.5) is 10.1 Å². The van der Waals surface area contributed by atoms with E-state index in [1.807, 2.05) is 0 Å². The number of amides is 1. The van der Waals surface area contributed by atoms with Gasteiger partial charge in [0, 0.05) is 17.8 Å². The molecule has 2 aromatic heterocycles. The van der Waals surface area contributed by atoms with Gasteiger partial charge in [-0.2, -0.15) is 10.2 Å². The highest BCUT2D eigenvalue weighted by Gasteiger charge is 2.22. The Hall–Kier alpha value is -3.16. The van der Waals surface area contributed by atoms with Gasteiger partial charge in [-0.1, -0.05) is 5.21 Å². The van der Waals surface area contributed by atoms with Crippen molar-refractivity contribution in [2.24, 2.45) is 5.92 Å². The van der Waals surface area contributed by atoms with Gasteiger partial charge in [0.1, 0.15) is 11.5 Å². The van der Waals surface area contributed by atoms with Gasteiger partial charge in [0.15, 0.2) is 0 Å². The van der Waals surface area contributed by atoms with E-state index in [0.29, 0.717) is 39.8 Å². The van der Waals surface area contributed by atoms with Crippen LogP contribution >= 0.6 is 0 Å². The smallest absolute Gasteiger partial charge is 0.257 e. The number of anilines is 1. The minimum Gasteiger partial charge on any atom is -0.322 e. The molecule has 0 unspecified atom stereocenters. The topological polar surface area (TPSA) is 85.6 Å². The Morgan fingerprint density at radius 2 is 2.04 bits per heavy atom. The molecule has 27 heavy (non-hydrogen) atoms. The van der Waals surface area contributed by atoms with Gasteiger partial charge < -0.3 is 5.32 Å².